The van der Waals surface area contributed by atoms with E-state index in [1.807, 2.05) is 4.90 Å². The molecular formula is C11H20IN5OS. The quantitative estimate of drug-likeness (QED) is 0.475. The molecule has 19 heavy (non-hydrogen) atoms. The highest BCUT2D eigenvalue weighted by molar-refractivity contribution is 14.0. The van der Waals surface area contributed by atoms with E-state index in [2.05, 4.69) is 29.0 Å². The van der Waals surface area contributed by atoms with Gasteiger partial charge in [-0.25, -0.2) is 4.99 Å². The monoisotopic (exact) mass is 397 g/mol. The van der Waals surface area contributed by atoms with Crippen LogP contribution < -0.4 is 5.73 Å². The Balaban J connectivity index is 0.00000180. The first-order valence-electron chi connectivity index (χ1n) is 6.11. The van der Waals surface area contributed by atoms with Crippen molar-refractivity contribution in [3.63, 3.8) is 0 Å². The molecule has 0 spiro atoms. The zero-order valence-corrected chi connectivity index (χ0v) is 14.4. The Bertz CT molecular complexity index is 417. The van der Waals surface area contributed by atoms with Gasteiger partial charge in [0.15, 0.2) is 5.96 Å². The van der Waals surface area contributed by atoms with Crippen molar-refractivity contribution in [1.29, 1.82) is 0 Å². The van der Waals surface area contributed by atoms with E-state index < -0.39 is 0 Å². The molecule has 0 saturated carbocycles. The molecule has 0 bridgehead atoms. The Kier molecular flexibility index (Phi) is 6.94. The van der Waals surface area contributed by atoms with Crippen molar-refractivity contribution in [3.8, 4) is 0 Å². The van der Waals surface area contributed by atoms with Crippen molar-refractivity contribution in [3.05, 3.63) is 10.0 Å². The number of aliphatic imine (C=N–C) groups is 1. The summed E-state index contributed by atoms with van der Waals surface area (Å²) < 4.78 is 5.27. The summed E-state index contributed by atoms with van der Waals surface area (Å²) in [6, 6.07) is 0. The maximum absolute atomic E-state index is 5.94. The lowest BCUT2D eigenvalue weighted by Gasteiger charge is -2.27. The molecule has 0 aliphatic carbocycles. The van der Waals surface area contributed by atoms with Crippen molar-refractivity contribution < 1.29 is 4.74 Å². The van der Waals surface area contributed by atoms with E-state index in [1.165, 1.54) is 0 Å². The Morgan fingerprint density at radius 1 is 1.42 bits per heavy atom. The molecular weight excluding hydrogens is 377 g/mol. The van der Waals surface area contributed by atoms with Crippen LogP contribution in [0.2, 0.25) is 0 Å². The van der Waals surface area contributed by atoms with Gasteiger partial charge in [0.2, 0.25) is 0 Å². The number of aromatic nitrogens is 2. The molecule has 2 N–H and O–H groups in total. The number of hydrogen-bond donors (Lipinski definition) is 1. The third-order valence-corrected chi connectivity index (χ3v) is 3.90. The molecule has 1 aliphatic rings. The average Bonchev–Trinajstić information content (AvgIpc) is 2.86. The summed E-state index contributed by atoms with van der Waals surface area (Å²) in [4.78, 5) is 6.40. The largest absolute Gasteiger partial charge is 0.378 e. The van der Waals surface area contributed by atoms with Crippen molar-refractivity contribution in [2.75, 3.05) is 26.3 Å². The van der Waals surface area contributed by atoms with Gasteiger partial charge in [0.1, 0.15) is 10.0 Å². The second-order valence-electron chi connectivity index (χ2n) is 4.46. The van der Waals surface area contributed by atoms with Crippen molar-refractivity contribution in [2.24, 2.45) is 10.7 Å². The molecule has 2 rings (SSSR count). The van der Waals surface area contributed by atoms with Crippen molar-refractivity contribution >= 4 is 41.3 Å². The average molecular weight is 397 g/mol. The van der Waals surface area contributed by atoms with Crippen LogP contribution >= 0.6 is 35.3 Å². The van der Waals surface area contributed by atoms with Crippen LogP contribution in [0.3, 0.4) is 0 Å². The molecule has 0 atom stereocenters. The number of morpholine rings is 1. The lowest BCUT2D eigenvalue weighted by Crippen LogP contribution is -2.44. The molecule has 8 heteroatoms. The van der Waals surface area contributed by atoms with Crippen molar-refractivity contribution in [1.82, 2.24) is 15.1 Å². The predicted molar refractivity (Wildman–Crippen MR) is 87.1 cm³/mol. The van der Waals surface area contributed by atoms with Crippen LogP contribution in [0.4, 0.5) is 0 Å². The zero-order valence-electron chi connectivity index (χ0n) is 11.2. The summed E-state index contributed by atoms with van der Waals surface area (Å²) in [6.45, 7) is 7.77. The van der Waals surface area contributed by atoms with Gasteiger partial charge in [-0.05, 0) is 0 Å². The fraction of sp³-hybridized carbons (Fsp3) is 0.727. The van der Waals surface area contributed by atoms with Gasteiger partial charge >= 0.3 is 0 Å². The van der Waals surface area contributed by atoms with Crippen LogP contribution in [-0.4, -0.2) is 47.4 Å². The van der Waals surface area contributed by atoms with E-state index in [4.69, 9.17) is 10.5 Å². The fourth-order valence-corrected chi connectivity index (χ4v) is 2.37. The van der Waals surface area contributed by atoms with Crippen molar-refractivity contribution in [2.45, 2.75) is 26.3 Å². The minimum absolute atomic E-state index is 0. The first kappa shape index (κ1) is 16.6. The fourth-order valence-electron chi connectivity index (χ4n) is 1.60. The van der Waals surface area contributed by atoms with Crippen LogP contribution in [0.25, 0.3) is 0 Å². The summed E-state index contributed by atoms with van der Waals surface area (Å²) in [5.74, 6) is 0.983. The Morgan fingerprint density at radius 3 is 2.68 bits per heavy atom. The first-order valence-corrected chi connectivity index (χ1v) is 6.93. The molecule has 2 heterocycles. The predicted octanol–water partition coefficient (Wildman–Crippen LogP) is 1.43. The van der Waals surface area contributed by atoms with Crippen LogP contribution in [0, 0.1) is 0 Å². The highest BCUT2D eigenvalue weighted by atomic mass is 127. The molecule has 0 amide bonds. The van der Waals surface area contributed by atoms with Crippen LogP contribution in [0.5, 0.6) is 0 Å². The smallest absolute Gasteiger partial charge is 0.191 e. The van der Waals surface area contributed by atoms with Gasteiger partial charge in [-0.15, -0.1) is 34.2 Å². The molecule has 1 fully saturated rings. The van der Waals surface area contributed by atoms with E-state index in [0.717, 1.165) is 23.1 Å². The molecule has 6 nitrogen and oxygen atoms in total. The highest BCUT2D eigenvalue weighted by Gasteiger charge is 2.12. The standard InChI is InChI=1S/C11H19N5OS.HI/c1-8(2)10-15-14-9(18-10)7-13-11(12)16-3-5-17-6-4-16;/h8H,3-7H2,1-2H3,(H2,12,13);1H. The summed E-state index contributed by atoms with van der Waals surface area (Å²) in [5.41, 5.74) is 5.94. The lowest BCUT2D eigenvalue weighted by atomic mass is 10.2. The third-order valence-electron chi connectivity index (χ3n) is 2.69. The van der Waals surface area contributed by atoms with Gasteiger partial charge < -0.3 is 15.4 Å². The maximum atomic E-state index is 5.94. The summed E-state index contributed by atoms with van der Waals surface area (Å²) in [6.07, 6.45) is 0. The van der Waals surface area contributed by atoms with E-state index in [-0.39, 0.29) is 24.0 Å². The van der Waals surface area contributed by atoms with E-state index in [0.29, 0.717) is 31.6 Å². The topological polar surface area (TPSA) is 76.6 Å². The Hall–Kier alpha value is -0.480. The third kappa shape index (κ3) is 4.84. The van der Waals surface area contributed by atoms with E-state index >= 15 is 0 Å². The van der Waals surface area contributed by atoms with Gasteiger partial charge in [-0.2, -0.15) is 0 Å². The number of nitrogens with two attached hydrogens (primary N) is 1. The summed E-state index contributed by atoms with van der Waals surface area (Å²) in [5, 5.41) is 10.2. The zero-order chi connectivity index (χ0) is 13.0. The Labute approximate surface area is 134 Å². The molecule has 0 unspecified atom stereocenters. The maximum Gasteiger partial charge on any atom is 0.191 e. The number of ether oxygens (including phenoxy) is 1. The van der Waals surface area contributed by atoms with Crippen LogP contribution in [0.15, 0.2) is 4.99 Å². The van der Waals surface area contributed by atoms with Gasteiger partial charge in [-0.1, -0.05) is 25.2 Å². The van der Waals surface area contributed by atoms with Crippen LogP contribution in [0.1, 0.15) is 29.8 Å². The van der Waals surface area contributed by atoms with E-state index in [9.17, 15) is 0 Å². The molecule has 1 aliphatic heterocycles. The number of guanidine groups is 1. The molecule has 108 valence electrons. The van der Waals surface area contributed by atoms with Gasteiger partial charge in [0.25, 0.3) is 0 Å². The normalized spacial score (nSPS) is 16.6. The lowest BCUT2D eigenvalue weighted by molar-refractivity contribution is 0.0674. The van der Waals surface area contributed by atoms with Gasteiger partial charge in [-0.3, -0.25) is 0 Å². The SMILES string of the molecule is CC(C)c1nnc(CN=C(N)N2CCOCC2)s1.I. The summed E-state index contributed by atoms with van der Waals surface area (Å²) >= 11 is 1.60. The van der Waals surface area contributed by atoms with Crippen LogP contribution in [-0.2, 0) is 11.3 Å². The van der Waals surface area contributed by atoms with Gasteiger partial charge in [0, 0.05) is 19.0 Å². The molecule has 0 aromatic carbocycles. The Morgan fingerprint density at radius 2 is 2.11 bits per heavy atom. The minimum Gasteiger partial charge on any atom is -0.378 e. The number of hydrogen-bond acceptors (Lipinski definition) is 5. The number of nitrogens with zero attached hydrogens (tertiary/aromatic N) is 4. The number of rotatable bonds is 3. The van der Waals surface area contributed by atoms with Gasteiger partial charge in [0.05, 0.1) is 19.8 Å². The summed E-state index contributed by atoms with van der Waals surface area (Å²) in [7, 11) is 0. The second kappa shape index (κ2) is 7.95. The second-order valence-corrected chi connectivity index (χ2v) is 5.56. The van der Waals surface area contributed by atoms with E-state index in [1.54, 1.807) is 11.3 Å². The molecule has 1 aromatic rings. The molecule has 1 saturated heterocycles. The minimum atomic E-state index is 0. The first-order chi connectivity index (χ1) is 8.66. The molecule has 0 radical (unpaired) electrons. The highest BCUT2D eigenvalue weighted by Crippen LogP contribution is 2.19. The molecule has 1 aromatic heterocycles. The number of halogens is 1.